The van der Waals surface area contributed by atoms with Crippen molar-refractivity contribution in [3.05, 3.63) is 41.7 Å². The van der Waals surface area contributed by atoms with Crippen molar-refractivity contribution < 1.29 is 0 Å². The molecule has 1 nitrogen and oxygen atoms in total. The molecule has 0 spiro atoms. The van der Waals surface area contributed by atoms with E-state index in [1.807, 2.05) is 6.20 Å². The van der Waals surface area contributed by atoms with Gasteiger partial charge in [-0.05, 0) is 11.6 Å². The van der Waals surface area contributed by atoms with Crippen LogP contribution in [0.3, 0.4) is 0 Å². The topological polar surface area (TPSA) is 15.8 Å². The largest absolute Gasteiger partial charge is 0.364 e. The second-order valence-electron chi connectivity index (χ2n) is 2.40. The van der Waals surface area contributed by atoms with Crippen LogP contribution in [0.4, 0.5) is 0 Å². The summed E-state index contributed by atoms with van der Waals surface area (Å²) in [5.74, 6) is 0. The number of hydrogen-bond donors (Lipinski definition) is 1. The molecule has 10 heavy (non-hydrogen) atoms. The first-order valence-corrected chi connectivity index (χ1v) is 3.46. The third kappa shape index (κ3) is 0.798. The first-order valence-electron chi connectivity index (χ1n) is 3.46. The maximum absolute atomic E-state index is 3.20. The van der Waals surface area contributed by atoms with E-state index in [4.69, 9.17) is 0 Å². The second kappa shape index (κ2) is 2.18. The molecule has 0 saturated heterocycles. The third-order valence-corrected chi connectivity index (χ3v) is 1.71. The molecule has 1 heterocycles. The van der Waals surface area contributed by atoms with E-state index in [2.05, 4.69) is 35.4 Å². The molecule has 0 aromatic carbocycles. The molecule has 0 amide bonds. The highest BCUT2D eigenvalue weighted by atomic mass is 14.7. The Balaban J connectivity index is 2.50. The Bertz CT molecular complexity index is 279. The quantitative estimate of drug-likeness (QED) is 0.555. The zero-order valence-electron chi connectivity index (χ0n) is 5.67. The molecule has 50 valence electrons. The molecular weight excluding hydrogens is 122 g/mol. The van der Waals surface area contributed by atoms with Gasteiger partial charge in [0.1, 0.15) is 0 Å². The Labute approximate surface area is 60.1 Å². The average molecular weight is 131 g/mol. The van der Waals surface area contributed by atoms with Crippen molar-refractivity contribution in [2.75, 3.05) is 0 Å². The summed E-state index contributed by atoms with van der Waals surface area (Å²) in [7, 11) is 0. The van der Waals surface area contributed by atoms with Crippen LogP contribution in [0, 0.1) is 0 Å². The van der Waals surface area contributed by atoms with Gasteiger partial charge in [0.05, 0.1) is 0 Å². The van der Waals surface area contributed by atoms with Gasteiger partial charge in [0.25, 0.3) is 0 Å². The Kier molecular flexibility index (Phi) is 1.21. The van der Waals surface area contributed by atoms with Crippen LogP contribution in [0.15, 0.2) is 30.5 Å². The third-order valence-electron chi connectivity index (χ3n) is 1.71. The van der Waals surface area contributed by atoms with Crippen molar-refractivity contribution in [2.45, 2.75) is 6.42 Å². The van der Waals surface area contributed by atoms with Gasteiger partial charge in [0.2, 0.25) is 0 Å². The average Bonchev–Trinajstić information content (AvgIpc) is 2.28. The van der Waals surface area contributed by atoms with Crippen LogP contribution in [-0.2, 0) is 6.42 Å². The van der Waals surface area contributed by atoms with E-state index in [1.54, 1.807) is 0 Å². The molecule has 0 unspecified atom stereocenters. The van der Waals surface area contributed by atoms with Gasteiger partial charge in [0.15, 0.2) is 0 Å². The number of aromatic amines is 1. The van der Waals surface area contributed by atoms with Crippen LogP contribution < -0.4 is 0 Å². The number of fused-ring (bicyclic) bond motifs is 1. The highest BCUT2D eigenvalue weighted by molar-refractivity contribution is 5.55. The number of nitrogens with one attached hydrogen (secondary N) is 1. The van der Waals surface area contributed by atoms with Crippen molar-refractivity contribution in [3.63, 3.8) is 0 Å². The van der Waals surface area contributed by atoms with Gasteiger partial charge >= 0.3 is 0 Å². The van der Waals surface area contributed by atoms with Crippen LogP contribution >= 0.6 is 0 Å². The van der Waals surface area contributed by atoms with Crippen LogP contribution in [0.1, 0.15) is 11.3 Å². The van der Waals surface area contributed by atoms with Gasteiger partial charge in [-0.15, -0.1) is 0 Å². The normalized spacial score (nSPS) is 14.8. The monoisotopic (exact) mass is 131 g/mol. The summed E-state index contributed by atoms with van der Waals surface area (Å²) in [6.45, 7) is 0. The molecule has 1 heteroatoms. The van der Waals surface area contributed by atoms with Gasteiger partial charge in [0, 0.05) is 18.3 Å². The number of rotatable bonds is 0. The lowest BCUT2D eigenvalue weighted by atomic mass is 10.2. The second-order valence-corrected chi connectivity index (χ2v) is 2.40. The molecule has 1 N–H and O–H groups in total. The maximum atomic E-state index is 3.20. The van der Waals surface area contributed by atoms with E-state index in [0.29, 0.717) is 0 Å². The number of aromatic nitrogens is 1. The molecule has 0 radical (unpaired) electrons. The van der Waals surface area contributed by atoms with E-state index >= 15 is 0 Å². The summed E-state index contributed by atoms with van der Waals surface area (Å²) < 4.78 is 0. The summed E-state index contributed by atoms with van der Waals surface area (Å²) in [6, 6.07) is 2.10. The predicted molar refractivity (Wildman–Crippen MR) is 42.7 cm³/mol. The molecule has 0 saturated carbocycles. The lowest BCUT2D eigenvalue weighted by Crippen LogP contribution is -1.80. The Morgan fingerprint density at radius 2 is 2.30 bits per heavy atom. The molecule has 0 bridgehead atoms. The zero-order valence-corrected chi connectivity index (χ0v) is 5.67. The highest BCUT2D eigenvalue weighted by Crippen LogP contribution is 2.12. The maximum Gasteiger partial charge on any atom is 0.0259 e. The van der Waals surface area contributed by atoms with E-state index in [9.17, 15) is 0 Å². The van der Waals surface area contributed by atoms with Gasteiger partial charge in [-0.2, -0.15) is 0 Å². The molecule has 1 aromatic rings. The number of allylic oxidation sites excluding steroid dienone is 3. The fourth-order valence-corrected chi connectivity index (χ4v) is 1.17. The minimum absolute atomic E-state index is 1.02. The van der Waals surface area contributed by atoms with Crippen molar-refractivity contribution in [1.82, 2.24) is 4.98 Å². The summed E-state index contributed by atoms with van der Waals surface area (Å²) in [5.41, 5.74) is 2.62. The molecule has 1 aliphatic carbocycles. The minimum atomic E-state index is 1.02. The van der Waals surface area contributed by atoms with Crippen molar-refractivity contribution in [3.8, 4) is 0 Å². The van der Waals surface area contributed by atoms with Crippen molar-refractivity contribution in [2.24, 2.45) is 0 Å². The summed E-state index contributed by atoms with van der Waals surface area (Å²) in [5, 5.41) is 0. The van der Waals surface area contributed by atoms with E-state index < -0.39 is 0 Å². The Morgan fingerprint density at radius 3 is 3.30 bits per heavy atom. The number of H-pyrrole nitrogens is 1. The van der Waals surface area contributed by atoms with E-state index in [1.165, 1.54) is 11.3 Å². The summed E-state index contributed by atoms with van der Waals surface area (Å²) in [6.07, 6.45) is 11.4. The van der Waals surface area contributed by atoms with Gasteiger partial charge in [-0.1, -0.05) is 24.3 Å². The van der Waals surface area contributed by atoms with Crippen LogP contribution in [0.5, 0.6) is 0 Å². The summed E-state index contributed by atoms with van der Waals surface area (Å²) in [4.78, 5) is 3.20. The molecule has 0 atom stereocenters. The van der Waals surface area contributed by atoms with Gasteiger partial charge in [-0.25, -0.2) is 0 Å². The van der Waals surface area contributed by atoms with E-state index in [-0.39, 0.29) is 0 Å². The van der Waals surface area contributed by atoms with Crippen molar-refractivity contribution in [1.29, 1.82) is 0 Å². The first-order chi connectivity index (χ1) is 4.97. The SMILES string of the molecule is C1=CCc2[nH]ccc2C=C1. The standard InChI is InChI=1S/C9H9N/c1-2-4-8-6-7-10-9(8)5-3-1/h1-4,6-7,10H,5H2. The van der Waals surface area contributed by atoms with Crippen LogP contribution in [-0.4, -0.2) is 4.98 Å². The highest BCUT2D eigenvalue weighted by Gasteiger charge is 1.98. The Hall–Kier alpha value is -1.24. The molecule has 0 fully saturated rings. The molecule has 2 rings (SSSR count). The Morgan fingerprint density at radius 1 is 1.30 bits per heavy atom. The molecule has 1 aromatic heterocycles. The lowest BCUT2D eigenvalue weighted by molar-refractivity contribution is 1.15. The molecule has 0 aliphatic heterocycles. The number of hydrogen-bond acceptors (Lipinski definition) is 0. The van der Waals surface area contributed by atoms with Gasteiger partial charge < -0.3 is 4.98 Å². The summed E-state index contributed by atoms with van der Waals surface area (Å²) >= 11 is 0. The smallest absolute Gasteiger partial charge is 0.0259 e. The first kappa shape index (κ1) is 5.54. The minimum Gasteiger partial charge on any atom is -0.364 e. The van der Waals surface area contributed by atoms with Crippen molar-refractivity contribution >= 4 is 6.08 Å². The predicted octanol–water partition coefficient (Wildman–Crippen LogP) is 2.14. The zero-order chi connectivity index (χ0) is 6.81. The van der Waals surface area contributed by atoms with Crippen LogP contribution in [0.2, 0.25) is 0 Å². The van der Waals surface area contributed by atoms with Gasteiger partial charge in [-0.3, -0.25) is 0 Å². The fraction of sp³-hybridized carbons (Fsp3) is 0.111. The van der Waals surface area contributed by atoms with E-state index in [0.717, 1.165) is 6.42 Å². The lowest BCUT2D eigenvalue weighted by Gasteiger charge is -1.90. The van der Waals surface area contributed by atoms with Crippen LogP contribution in [0.25, 0.3) is 6.08 Å². The molecule has 1 aliphatic rings. The fourth-order valence-electron chi connectivity index (χ4n) is 1.17. The molecular formula is C9H9N.